The SMILES string of the molecule is CC(C)NCC1CCN(CC(C)(C)CN(C)C)C1. The van der Waals surface area contributed by atoms with Gasteiger partial charge in [0.2, 0.25) is 0 Å². The Morgan fingerprint density at radius 1 is 1.33 bits per heavy atom. The van der Waals surface area contributed by atoms with E-state index in [1.807, 2.05) is 0 Å². The second-order valence-corrected chi connectivity index (χ2v) is 7.35. The summed E-state index contributed by atoms with van der Waals surface area (Å²) in [5.41, 5.74) is 0.393. The van der Waals surface area contributed by atoms with E-state index in [1.54, 1.807) is 0 Å². The van der Waals surface area contributed by atoms with E-state index in [0.29, 0.717) is 11.5 Å². The summed E-state index contributed by atoms with van der Waals surface area (Å²) >= 11 is 0. The smallest absolute Gasteiger partial charge is 0.00450 e. The first-order chi connectivity index (χ1) is 8.28. The standard InChI is InChI=1S/C15H33N3/c1-13(2)16-9-14-7-8-18(10-14)12-15(3,4)11-17(5)6/h13-14,16H,7-12H2,1-6H3. The Kier molecular flexibility index (Phi) is 6.09. The van der Waals surface area contributed by atoms with Gasteiger partial charge in [-0.25, -0.2) is 0 Å². The molecule has 1 atom stereocenters. The number of nitrogens with one attached hydrogen (secondary N) is 1. The van der Waals surface area contributed by atoms with Crippen molar-refractivity contribution in [3.63, 3.8) is 0 Å². The van der Waals surface area contributed by atoms with Gasteiger partial charge in [-0.3, -0.25) is 0 Å². The van der Waals surface area contributed by atoms with Crippen LogP contribution in [0.4, 0.5) is 0 Å². The van der Waals surface area contributed by atoms with Crippen molar-refractivity contribution in [1.29, 1.82) is 0 Å². The minimum Gasteiger partial charge on any atom is -0.314 e. The Morgan fingerprint density at radius 3 is 2.56 bits per heavy atom. The molecule has 1 aliphatic heterocycles. The van der Waals surface area contributed by atoms with Crippen LogP contribution in [0.1, 0.15) is 34.1 Å². The van der Waals surface area contributed by atoms with E-state index in [4.69, 9.17) is 0 Å². The zero-order valence-corrected chi connectivity index (χ0v) is 13.3. The van der Waals surface area contributed by atoms with E-state index >= 15 is 0 Å². The number of likely N-dealkylation sites (tertiary alicyclic amines) is 1. The highest BCUT2D eigenvalue weighted by atomic mass is 15.2. The lowest BCUT2D eigenvalue weighted by Crippen LogP contribution is -2.39. The number of hydrogen-bond donors (Lipinski definition) is 1. The van der Waals surface area contributed by atoms with Gasteiger partial charge in [0.05, 0.1) is 0 Å². The minimum atomic E-state index is 0.393. The zero-order valence-electron chi connectivity index (χ0n) is 13.3. The monoisotopic (exact) mass is 255 g/mol. The topological polar surface area (TPSA) is 18.5 Å². The van der Waals surface area contributed by atoms with Crippen molar-refractivity contribution >= 4 is 0 Å². The van der Waals surface area contributed by atoms with Crippen molar-refractivity contribution in [3.8, 4) is 0 Å². The molecular formula is C15H33N3. The fraction of sp³-hybridized carbons (Fsp3) is 1.00. The van der Waals surface area contributed by atoms with Crippen LogP contribution in [-0.2, 0) is 0 Å². The molecule has 1 rings (SSSR count). The molecule has 18 heavy (non-hydrogen) atoms. The lowest BCUT2D eigenvalue weighted by molar-refractivity contribution is 0.160. The zero-order chi connectivity index (χ0) is 13.8. The van der Waals surface area contributed by atoms with E-state index in [-0.39, 0.29) is 0 Å². The Morgan fingerprint density at radius 2 is 2.00 bits per heavy atom. The third-order valence-corrected chi connectivity index (χ3v) is 3.58. The molecule has 108 valence electrons. The molecule has 1 unspecified atom stereocenters. The van der Waals surface area contributed by atoms with Crippen LogP contribution in [0, 0.1) is 11.3 Å². The first kappa shape index (κ1) is 15.9. The van der Waals surface area contributed by atoms with Gasteiger partial charge in [0.15, 0.2) is 0 Å². The van der Waals surface area contributed by atoms with Gasteiger partial charge in [0.1, 0.15) is 0 Å². The van der Waals surface area contributed by atoms with Crippen molar-refractivity contribution in [2.45, 2.75) is 40.2 Å². The van der Waals surface area contributed by atoms with E-state index in [9.17, 15) is 0 Å². The van der Waals surface area contributed by atoms with Gasteiger partial charge in [-0.2, -0.15) is 0 Å². The van der Waals surface area contributed by atoms with Gasteiger partial charge >= 0.3 is 0 Å². The van der Waals surface area contributed by atoms with E-state index in [1.165, 1.54) is 39.1 Å². The highest BCUT2D eigenvalue weighted by Crippen LogP contribution is 2.23. The highest BCUT2D eigenvalue weighted by Gasteiger charge is 2.28. The van der Waals surface area contributed by atoms with Gasteiger partial charge in [0, 0.05) is 25.7 Å². The maximum atomic E-state index is 3.57. The highest BCUT2D eigenvalue weighted by molar-refractivity contribution is 4.83. The van der Waals surface area contributed by atoms with Crippen LogP contribution in [0.15, 0.2) is 0 Å². The summed E-state index contributed by atoms with van der Waals surface area (Å²) in [4.78, 5) is 4.95. The maximum absolute atomic E-state index is 3.57. The average molecular weight is 255 g/mol. The Balaban J connectivity index is 2.29. The van der Waals surface area contributed by atoms with Crippen LogP contribution in [0.3, 0.4) is 0 Å². The van der Waals surface area contributed by atoms with Gasteiger partial charge < -0.3 is 15.1 Å². The third kappa shape index (κ3) is 6.17. The summed E-state index contributed by atoms with van der Waals surface area (Å²) in [5, 5.41) is 3.57. The average Bonchev–Trinajstić information content (AvgIpc) is 2.59. The van der Waals surface area contributed by atoms with Gasteiger partial charge in [-0.05, 0) is 44.9 Å². The van der Waals surface area contributed by atoms with E-state index in [2.05, 4.69) is 56.9 Å². The molecule has 1 saturated heterocycles. The second kappa shape index (κ2) is 6.88. The summed E-state index contributed by atoms with van der Waals surface area (Å²) in [6, 6.07) is 0.615. The minimum absolute atomic E-state index is 0.393. The van der Waals surface area contributed by atoms with E-state index < -0.39 is 0 Å². The third-order valence-electron chi connectivity index (χ3n) is 3.58. The molecule has 0 aliphatic carbocycles. The summed E-state index contributed by atoms with van der Waals surface area (Å²) < 4.78 is 0. The fourth-order valence-corrected chi connectivity index (χ4v) is 3.14. The fourth-order valence-electron chi connectivity index (χ4n) is 3.14. The van der Waals surface area contributed by atoms with Crippen molar-refractivity contribution in [2.24, 2.45) is 11.3 Å². The molecule has 3 heteroatoms. The molecule has 0 radical (unpaired) electrons. The summed E-state index contributed by atoms with van der Waals surface area (Å²) in [7, 11) is 4.34. The van der Waals surface area contributed by atoms with Gasteiger partial charge in [-0.1, -0.05) is 27.7 Å². The molecule has 1 heterocycles. The normalized spacial score (nSPS) is 22.3. The summed E-state index contributed by atoms with van der Waals surface area (Å²) in [5.74, 6) is 0.850. The van der Waals surface area contributed by atoms with Crippen LogP contribution in [0.25, 0.3) is 0 Å². The summed E-state index contributed by atoms with van der Waals surface area (Å²) in [6.45, 7) is 15.3. The molecule has 0 aromatic carbocycles. The quantitative estimate of drug-likeness (QED) is 0.749. The molecule has 0 bridgehead atoms. The first-order valence-electron chi connectivity index (χ1n) is 7.39. The Hall–Kier alpha value is -0.120. The molecule has 0 saturated carbocycles. The Labute approximate surface area is 114 Å². The molecular weight excluding hydrogens is 222 g/mol. The van der Waals surface area contributed by atoms with Crippen LogP contribution in [0.2, 0.25) is 0 Å². The predicted molar refractivity (Wildman–Crippen MR) is 80.0 cm³/mol. The van der Waals surface area contributed by atoms with Gasteiger partial charge in [0.25, 0.3) is 0 Å². The predicted octanol–water partition coefficient (Wildman–Crippen LogP) is 1.89. The van der Waals surface area contributed by atoms with Crippen molar-refractivity contribution in [3.05, 3.63) is 0 Å². The molecule has 3 nitrogen and oxygen atoms in total. The lowest BCUT2D eigenvalue weighted by atomic mass is 9.92. The maximum Gasteiger partial charge on any atom is 0.00450 e. The van der Waals surface area contributed by atoms with Crippen LogP contribution in [0.5, 0.6) is 0 Å². The second-order valence-electron chi connectivity index (χ2n) is 7.35. The van der Waals surface area contributed by atoms with Crippen molar-refractivity contribution in [2.75, 3.05) is 46.8 Å². The molecule has 1 N–H and O–H groups in total. The van der Waals surface area contributed by atoms with Crippen LogP contribution >= 0.6 is 0 Å². The van der Waals surface area contributed by atoms with Crippen molar-refractivity contribution in [1.82, 2.24) is 15.1 Å². The van der Waals surface area contributed by atoms with Gasteiger partial charge in [-0.15, -0.1) is 0 Å². The van der Waals surface area contributed by atoms with Crippen molar-refractivity contribution < 1.29 is 0 Å². The number of hydrogen-bond acceptors (Lipinski definition) is 3. The van der Waals surface area contributed by atoms with Crippen LogP contribution in [-0.4, -0.2) is 62.7 Å². The number of rotatable bonds is 7. The summed E-state index contributed by atoms with van der Waals surface area (Å²) in [6.07, 6.45) is 1.36. The first-order valence-corrected chi connectivity index (χ1v) is 7.39. The largest absolute Gasteiger partial charge is 0.314 e. The van der Waals surface area contributed by atoms with E-state index in [0.717, 1.165) is 5.92 Å². The van der Waals surface area contributed by atoms with Crippen LogP contribution < -0.4 is 5.32 Å². The molecule has 1 aliphatic rings. The molecule has 0 spiro atoms. The molecule has 0 aromatic rings. The Bertz CT molecular complexity index is 236. The lowest BCUT2D eigenvalue weighted by Gasteiger charge is -2.32. The number of nitrogens with zero attached hydrogens (tertiary/aromatic N) is 2. The molecule has 1 fully saturated rings. The molecule has 0 amide bonds. The molecule has 0 aromatic heterocycles.